The number of carbonyl (C=O) groups excluding carboxylic acids is 1. The van der Waals surface area contributed by atoms with Crippen LogP contribution in [0.4, 0.5) is 10.2 Å². The van der Waals surface area contributed by atoms with Crippen LogP contribution in [0.15, 0.2) is 30.5 Å². The van der Waals surface area contributed by atoms with E-state index in [2.05, 4.69) is 15.3 Å². The Morgan fingerprint density at radius 3 is 2.95 bits per heavy atom. The molecule has 0 saturated heterocycles. The Bertz CT molecular complexity index is 836. The van der Waals surface area contributed by atoms with Crippen LogP contribution in [0.1, 0.15) is 12.8 Å². The van der Waals surface area contributed by atoms with Crippen LogP contribution in [0.25, 0.3) is 21.8 Å². The fraction of sp³-hybridized carbons (Fsp3) is 0.200. The number of nitrogens with zero attached hydrogens (tertiary/aromatic N) is 1. The van der Waals surface area contributed by atoms with Gasteiger partial charge in [-0.2, -0.15) is 0 Å². The third-order valence-corrected chi connectivity index (χ3v) is 3.67. The Hall–Kier alpha value is -2.43. The topological polar surface area (TPSA) is 57.8 Å². The SMILES string of the molecule is O=C(Nc1nccc2c1[nH]c1cc(F)ccc12)C1CC1. The average Bonchev–Trinajstić information content (AvgIpc) is 3.21. The van der Waals surface area contributed by atoms with Gasteiger partial charge in [0.1, 0.15) is 5.82 Å². The van der Waals surface area contributed by atoms with E-state index in [9.17, 15) is 9.18 Å². The molecule has 5 heteroatoms. The smallest absolute Gasteiger partial charge is 0.228 e. The number of fused-ring (bicyclic) bond motifs is 3. The van der Waals surface area contributed by atoms with E-state index in [1.54, 1.807) is 12.3 Å². The molecule has 3 aromatic rings. The number of rotatable bonds is 2. The van der Waals surface area contributed by atoms with Gasteiger partial charge in [0.05, 0.1) is 5.52 Å². The molecule has 1 saturated carbocycles. The van der Waals surface area contributed by atoms with Gasteiger partial charge in [-0.3, -0.25) is 4.79 Å². The van der Waals surface area contributed by atoms with Gasteiger partial charge in [-0.15, -0.1) is 0 Å². The zero-order valence-electron chi connectivity index (χ0n) is 10.6. The van der Waals surface area contributed by atoms with E-state index >= 15 is 0 Å². The second-order valence-corrected chi connectivity index (χ2v) is 5.16. The summed E-state index contributed by atoms with van der Waals surface area (Å²) >= 11 is 0. The minimum absolute atomic E-state index is 0.00911. The fourth-order valence-corrected chi connectivity index (χ4v) is 2.46. The van der Waals surface area contributed by atoms with Crippen molar-refractivity contribution >= 4 is 33.5 Å². The lowest BCUT2D eigenvalue weighted by Gasteiger charge is -2.04. The van der Waals surface area contributed by atoms with Crippen LogP contribution >= 0.6 is 0 Å². The van der Waals surface area contributed by atoms with E-state index in [-0.39, 0.29) is 17.6 Å². The molecule has 2 aromatic heterocycles. The molecule has 0 unspecified atom stereocenters. The van der Waals surface area contributed by atoms with Gasteiger partial charge in [0, 0.05) is 28.4 Å². The van der Waals surface area contributed by atoms with Crippen molar-refractivity contribution in [2.24, 2.45) is 5.92 Å². The summed E-state index contributed by atoms with van der Waals surface area (Å²) in [5.41, 5.74) is 1.44. The molecular weight excluding hydrogens is 257 g/mol. The second kappa shape index (κ2) is 4.03. The summed E-state index contributed by atoms with van der Waals surface area (Å²) in [6, 6.07) is 6.47. The first kappa shape index (κ1) is 11.4. The van der Waals surface area contributed by atoms with E-state index in [1.807, 2.05) is 6.07 Å². The molecule has 4 rings (SSSR count). The predicted octanol–water partition coefficient (Wildman–Crippen LogP) is 3.20. The summed E-state index contributed by atoms with van der Waals surface area (Å²) in [6.07, 6.45) is 3.54. The number of pyridine rings is 1. The molecule has 1 amide bonds. The Morgan fingerprint density at radius 2 is 2.15 bits per heavy atom. The van der Waals surface area contributed by atoms with Crippen LogP contribution in [0, 0.1) is 11.7 Å². The molecule has 0 aliphatic heterocycles. The number of hydrogen-bond acceptors (Lipinski definition) is 2. The highest BCUT2D eigenvalue weighted by atomic mass is 19.1. The summed E-state index contributed by atoms with van der Waals surface area (Å²) in [5, 5.41) is 4.70. The maximum atomic E-state index is 13.3. The number of benzene rings is 1. The Morgan fingerprint density at radius 1 is 1.30 bits per heavy atom. The van der Waals surface area contributed by atoms with Crippen LogP contribution < -0.4 is 5.32 Å². The fourth-order valence-electron chi connectivity index (χ4n) is 2.46. The number of hydrogen-bond donors (Lipinski definition) is 2. The average molecular weight is 269 g/mol. The van der Waals surface area contributed by atoms with Gasteiger partial charge in [0.15, 0.2) is 5.82 Å². The third kappa shape index (κ3) is 1.74. The first-order valence-electron chi connectivity index (χ1n) is 6.59. The summed E-state index contributed by atoms with van der Waals surface area (Å²) in [5.74, 6) is 0.348. The van der Waals surface area contributed by atoms with Crippen molar-refractivity contribution in [2.45, 2.75) is 12.8 Å². The number of amides is 1. The lowest BCUT2D eigenvalue weighted by molar-refractivity contribution is -0.117. The van der Waals surface area contributed by atoms with Crippen molar-refractivity contribution < 1.29 is 9.18 Å². The van der Waals surface area contributed by atoms with Crippen LogP contribution in [0.2, 0.25) is 0 Å². The van der Waals surface area contributed by atoms with E-state index in [0.717, 1.165) is 29.1 Å². The Kier molecular flexibility index (Phi) is 2.30. The maximum absolute atomic E-state index is 13.3. The summed E-state index contributed by atoms with van der Waals surface area (Å²) in [7, 11) is 0. The number of H-pyrrole nitrogens is 1. The van der Waals surface area contributed by atoms with E-state index in [1.165, 1.54) is 12.1 Å². The molecule has 0 atom stereocenters. The molecular formula is C15H12FN3O. The molecule has 20 heavy (non-hydrogen) atoms. The van der Waals surface area contributed by atoms with Gasteiger partial charge < -0.3 is 10.3 Å². The van der Waals surface area contributed by atoms with Gasteiger partial charge in [-0.05, 0) is 37.1 Å². The predicted molar refractivity (Wildman–Crippen MR) is 74.9 cm³/mol. The van der Waals surface area contributed by atoms with Crippen molar-refractivity contribution in [3.8, 4) is 0 Å². The van der Waals surface area contributed by atoms with Crippen molar-refractivity contribution in [1.29, 1.82) is 0 Å². The monoisotopic (exact) mass is 269 g/mol. The van der Waals surface area contributed by atoms with E-state index in [0.29, 0.717) is 11.3 Å². The Balaban J connectivity index is 1.88. The molecule has 0 spiro atoms. The highest BCUT2D eigenvalue weighted by molar-refractivity contribution is 6.12. The molecule has 0 radical (unpaired) electrons. The van der Waals surface area contributed by atoms with Crippen LogP contribution in [-0.4, -0.2) is 15.9 Å². The lowest BCUT2D eigenvalue weighted by atomic mass is 10.2. The highest BCUT2D eigenvalue weighted by Crippen LogP contribution is 2.32. The first-order chi connectivity index (χ1) is 9.72. The van der Waals surface area contributed by atoms with Crippen LogP contribution in [0.3, 0.4) is 0 Å². The zero-order valence-corrected chi connectivity index (χ0v) is 10.6. The molecule has 1 aliphatic carbocycles. The normalized spacial score (nSPS) is 14.8. The Labute approximate surface area is 114 Å². The van der Waals surface area contributed by atoms with Gasteiger partial charge in [-0.25, -0.2) is 9.37 Å². The van der Waals surface area contributed by atoms with Crippen LogP contribution in [-0.2, 0) is 4.79 Å². The lowest BCUT2D eigenvalue weighted by Crippen LogP contribution is -2.14. The van der Waals surface area contributed by atoms with Crippen LogP contribution in [0.5, 0.6) is 0 Å². The molecule has 4 nitrogen and oxygen atoms in total. The maximum Gasteiger partial charge on any atom is 0.228 e. The summed E-state index contributed by atoms with van der Waals surface area (Å²) < 4.78 is 13.3. The largest absolute Gasteiger partial charge is 0.351 e. The van der Waals surface area contributed by atoms with Crippen molar-refractivity contribution in [3.63, 3.8) is 0 Å². The molecule has 1 fully saturated rings. The van der Waals surface area contributed by atoms with Gasteiger partial charge in [0.25, 0.3) is 0 Å². The molecule has 1 aliphatic rings. The molecule has 2 N–H and O–H groups in total. The zero-order chi connectivity index (χ0) is 13.7. The standard InChI is InChI=1S/C15H12FN3O/c16-9-3-4-10-11-5-6-17-14(13(11)18-12(10)7-9)19-15(20)8-1-2-8/h3-8,18H,1-2H2,(H,17,19,20). The highest BCUT2D eigenvalue weighted by Gasteiger charge is 2.30. The molecule has 1 aromatic carbocycles. The van der Waals surface area contributed by atoms with Crippen molar-refractivity contribution in [2.75, 3.05) is 5.32 Å². The van der Waals surface area contributed by atoms with Gasteiger partial charge in [-0.1, -0.05) is 0 Å². The van der Waals surface area contributed by atoms with E-state index < -0.39 is 0 Å². The van der Waals surface area contributed by atoms with Crippen molar-refractivity contribution in [3.05, 3.63) is 36.3 Å². The molecule has 100 valence electrons. The number of aromatic amines is 1. The number of carbonyl (C=O) groups is 1. The quantitative estimate of drug-likeness (QED) is 0.750. The summed E-state index contributed by atoms with van der Waals surface area (Å²) in [4.78, 5) is 19.2. The summed E-state index contributed by atoms with van der Waals surface area (Å²) in [6.45, 7) is 0. The number of aromatic nitrogens is 2. The van der Waals surface area contributed by atoms with E-state index in [4.69, 9.17) is 0 Å². The van der Waals surface area contributed by atoms with Gasteiger partial charge in [0.2, 0.25) is 5.91 Å². The number of anilines is 1. The minimum Gasteiger partial charge on any atom is -0.351 e. The first-order valence-corrected chi connectivity index (χ1v) is 6.59. The second-order valence-electron chi connectivity index (χ2n) is 5.16. The third-order valence-electron chi connectivity index (χ3n) is 3.67. The molecule has 2 heterocycles. The minimum atomic E-state index is -0.291. The number of halogens is 1. The van der Waals surface area contributed by atoms with Crippen molar-refractivity contribution in [1.82, 2.24) is 9.97 Å². The van der Waals surface area contributed by atoms with Gasteiger partial charge >= 0.3 is 0 Å². The molecule has 0 bridgehead atoms. The number of nitrogens with one attached hydrogen (secondary N) is 2.